The Labute approximate surface area is 162 Å². The molecule has 2 aromatic rings. The Morgan fingerprint density at radius 1 is 1.21 bits per heavy atom. The summed E-state index contributed by atoms with van der Waals surface area (Å²) in [6.07, 6.45) is 1.46. The summed E-state index contributed by atoms with van der Waals surface area (Å²) in [6, 6.07) is 6.56. The van der Waals surface area contributed by atoms with E-state index in [1.165, 1.54) is 12.1 Å². The minimum absolute atomic E-state index is 0.00474. The Morgan fingerprint density at radius 2 is 1.96 bits per heavy atom. The molecular formula is C19H23FN4O4. The number of aromatic nitrogens is 2. The predicted octanol–water partition coefficient (Wildman–Crippen LogP) is 1.79. The highest BCUT2D eigenvalue weighted by molar-refractivity contribution is 5.78. The zero-order valence-electron chi connectivity index (χ0n) is 15.7. The predicted molar refractivity (Wildman–Crippen MR) is 97.6 cm³/mol. The van der Waals surface area contributed by atoms with Crippen molar-refractivity contribution in [3.05, 3.63) is 36.0 Å². The fourth-order valence-electron chi connectivity index (χ4n) is 3.60. The Hall–Kier alpha value is -2.68. The number of piperidine rings is 1. The number of hydrogen-bond acceptors (Lipinski definition) is 7. The summed E-state index contributed by atoms with van der Waals surface area (Å²) in [4.78, 5) is 16.3. The van der Waals surface area contributed by atoms with Crippen molar-refractivity contribution in [1.82, 2.24) is 15.1 Å². The third-order valence-electron chi connectivity index (χ3n) is 5.10. The molecule has 1 amide bonds. The molecule has 1 atom stereocenters. The Kier molecular flexibility index (Phi) is 5.43. The maximum absolute atomic E-state index is 13.0. The molecule has 0 spiro atoms. The van der Waals surface area contributed by atoms with Crippen molar-refractivity contribution in [3.8, 4) is 5.75 Å². The highest BCUT2D eigenvalue weighted by atomic mass is 19.1. The van der Waals surface area contributed by atoms with Gasteiger partial charge in [-0.05, 0) is 37.1 Å². The quantitative estimate of drug-likeness (QED) is 0.770. The van der Waals surface area contributed by atoms with Crippen molar-refractivity contribution in [3.63, 3.8) is 0 Å². The maximum atomic E-state index is 13.0. The van der Waals surface area contributed by atoms with Crippen molar-refractivity contribution < 1.29 is 23.1 Å². The van der Waals surface area contributed by atoms with Crippen LogP contribution in [0.3, 0.4) is 0 Å². The first-order chi connectivity index (χ1) is 13.6. The van der Waals surface area contributed by atoms with Gasteiger partial charge in [0.2, 0.25) is 11.8 Å². The third kappa shape index (κ3) is 4.24. The summed E-state index contributed by atoms with van der Waals surface area (Å²) in [5, 5.41) is 7.93. The fourth-order valence-corrected chi connectivity index (χ4v) is 3.60. The lowest BCUT2D eigenvalue weighted by molar-refractivity contribution is -0.154. The molecule has 0 N–H and O–H groups in total. The Morgan fingerprint density at radius 3 is 2.64 bits per heavy atom. The van der Waals surface area contributed by atoms with E-state index in [0.717, 1.165) is 25.9 Å². The van der Waals surface area contributed by atoms with Crippen molar-refractivity contribution in [2.45, 2.75) is 31.9 Å². The zero-order chi connectivity index (χ0) is 19.5. The van der Waals surface area contributed by atoms with Gasteiger partial charge in [0, 0.05) is 26.1 Å². The standard InChI is InChI=1S/C19H23FN4O4/c1-13-21-22-19(28-13)23-8-6-15(7-9-23)24-10-17(27-12-18(24)25)11-26-16-4-2-14(20)3-5-16/h2-5,15,17H,6-12H2,1H3. The average Bonchev–Trinajstić information content (AvgIpc) is 3.15. The van der Waals surface area contributed by atoms with Crippen LogP contribution < -0.4 is 9.64 Å². The first-order valence-corrected chi connectivity index (χ1v) is 9.43. The molecule has 1 aromatic carbocycles. The van der Waals surface area contributed by atoms with Crippen LogP contribution in [0, 0.1) is 12.7 Å². The molecule has 1 unspecified atom stereocenters. The number of morpholine rings is 1. The molecule has 28 heavy (non-hydrogen) atoms. The number of carbonyl (C=O) groups excluding carboxylic acids is 1. The molecule has 0 aliphatic carbocycles. The topological polar surface area (TPSA) is 80.9 Å². The number of ether oxygens (including phenoxy) is 2. The highest BCUT2D eigenvalue weighted by Gasteiger charge is 2.34. The number of hydrogen-bond donors (Lipinski definition) is 0. The van der Waals surface area contributed by atoms with Gasteiger partial charge < -0.3 is 23.7 Å². The van der Waals surface area contributed by atoms with Crippen molar-refractivity contribution in [2.75, 3.05) is 37.7 Å². The Balaban J connectivity index is 1.30. The monoisotopic (exact) mass is 390 g/mol. The molecule has 2 fully saturated rings. The van der Waals surface area contributed by atoms with Gasteiger partial charge in [-0.2, -0.15) is 0 Å². The molecule has 0 saturated carbocycles. The second-order valence-electron chi connectivity index (χ2n) is 7.07. The molecule has 2 saturated heterocycles. The molecule has 0 bridgehead atoms. The fraction of sp³-hybridized carbons (Fsp3) is 0.526. The van der Waals surface area contributed by atoms with E-state index in [1.807, 2.05) is 4.90 Å². The van der Waals surface area contributed by atoms with Gasteiger partial charge in [-0.15, -0.1) is 5.10 Å². The van der Waals surface area contributed by atoms with Gasteiger partial charge in [0.15, 0.2) is 0 Å². The minimum atomic E-state index is -0.305. The number of nitrogens with zero attached hydrogens (tertiary/aromatic N) is 4. The van der Waals surface area contributed by atoms with Crippen LogP contribution >= 0.6 is 0 Å². The molecule has 2 aliphatic heterocycles. The number of anilines is 1. The minimum Gasteiger partial charge on any atom is -0.491 e. The molecule has 1 aromatic heterocycles. The van der Waals surface area contributed by atoms with Gasteiger partial charge in [0.25, 0.3) is 0 Å². The molecule has 150 valence electrons. The second kappa shape index (κ2) is 8.14. The van der Waals surface area contributed by atoms with Crippen molar-refractivity contribution in [1.29, 1.82) is 0 Å². The molecule has 3 heterocycles. The number of carbonyl (C=O) groups is 1. The second-order valence-corrected chi connectivity index (χ2v) is 7.07. The molecule has 9 heteroatoms. The summed E-state index contributed by atoms with van der Waals surface area (Å²) in [6.45, 7) is 4.14. The van der Waals surface area contributed by atoms with Crippen molar-refractivity contribution >= 4 is 11.9 Å². The molecule has 4 rings (SSSR count). The molecule has 0 radical (unpaired) electrons. The van der Waals surface area contributed by atoms with Crippen LogP contribution in [0.1, 0.15) is 18.7 Å². The normalized spacial score (nSPS) is 21.2. The van der Waals surface area contributed by atoms with E-state index < -0.39 is 0 Å². The van der Waals surface area contributed by atoms with Crippen LogP contribution in [0.25, 0.3) is 0 Å². The van der Waals surface area contributed by atoms with E-state index in [1.54, 1.807) is 19.1 Å². The summed E-state index contributed by atoms with van der Waals surface area (Å²) < 4.78 is 29.8. The first-order valence-electron chi connectivity index (χ1n) is 9.43. The zero-order valence-corrected chi connectivity index (χ0v) is 15.7. The largest absolute Gasteiger partial charge is 0.491 e. The smallest absolute Gasteiger partial charge is 0.318 e. The van der Waals surface area contributed by atoms with Crippen LogP contribution in [0.15, 0.2) is 28.7 Å². The summed E-state index contributed by atoms with van der Waals surface area (Å²) in [7, 11) is 0. The van der Waals surface area contributed by atoms with Crippen LogP contribution in [-0.4, -0.2) is 66.0 Å². The van der Waals surface area contributed by atoms with E-state index in [2.05, 4.69) is 15.1 Å². The number of benzene rings is 1. The van der Waals surface area contributed by atoms with Gasteiger partial charge >= 0.3 is 6.01 Å². The average molecular weight is 390 g/mol. The number of amides is 1. The molecular weight excluding hydrogens is 367 g/mol. The van der Waals surface area contributed by atoms with E-state index in [0.29, 0.717) is 30.8 Å². The van der Waals surface area contributed by atoms with Crippen LogP contribution in [-0.2, 0) is 9.53 Å². The van der Waals surface area contributed by atoms with Gasteiger partial charge in [-0.1, -0.05) is 5.10 Å². The number of rotatable bonds is 5. The maximum Gasteiger partial charge on any atom is 0.318 e. The lowest BCUT2D eigenvalue weighted by atomic mass is 10.0. The summed E-state index contributed by atoms with van der Waals surface area (Å²) >= 11 is 0. The third-order valence-corrected chi connectivity index (χ3v) is 5.10. The Bertz CT molecular complexity index is 805. The van der Waals surface area contributed by atoms with E-state index >= 15 is 0 Å². The van der Waals surface area contributed by atoms with Crippen LogP contribution in [0.4, 0.5) is 10.4 Å². The summed E-state index contributed by atoms with van der Waals surface area (Å²) in [5.41, 5.74) is 0. The lowest BCUT2D eigenvalue weighted by Crippen LogP contribution is -2.55. The van der Waals surface area contributed by atoms with Crippen molar-refractivity contribution in [2.24, 2.45) is 0 Å². The SMILES string of the molecule is Cc1nnc(N2CCC(N3CC(COc4ccc(F)cc4)OCC3=O)CC2)o1. The van der Waals surface area contributed by atoms with Gasteiger partial charge in [0.05, 0.1) is 6.54 Å². The number of aryl methyl sites for hydroxylation is 1. The van der Waals surface area contributed by atoms with Gasteiger partial charge in [-0.25, -0.2) is 4.39 Å². The van der Waals surface area contributed by atoms with E-state index in [4.69, 9.17) is 13.9 Å². The first kappa shape index (κ1) is 18.7. The molecule has 8 nitrogen and oxygen atoms in total. The van der Waals surface area contributed by atoms with Gasteiger partial charge in [0.1, 0.15) is 30.9 Å². The van der Waals surface area contributed by atoms with E-state index in [9.17, 15) is 9.18 Å². The lowest BCUT2D eigenvalue weighted by Gasteiger charge is -2.41. The summed E-state index contributed by atoms with van der Waals surface area (Å²) in [5.74, 6) is 0.825. The highest BCUT2D eigenvalue weighted by Crippen LogP contribution is 2.24. The number of halogens is 1. The van der Waals surface area contributed by atoms with Crippen LogP contribution in [0.5, 0.6) is 5.75 Å². The van der Waals surface area contributed by atoms with E-state index in [-0.39, 0.29) is 30.5 Å². The van der Waals surface area contributed by atoms with Crippen LogP contribution in [0.2, 0.25) is 0 Å². The van der Waals surface area contributed by atoms with Gasteiger partial charge in [-0.3, -0.25) is 4.79 Å². The molecule has 2 aliphatic rings.